The lowest BCUT2D eigenvalue weighted by Gasteiger charge is -2.21. The van der Waals surface area contributed by atoms with Crippen LogP contribution in [-0.4, -0.2) is 34.4 Å². The summed E-state index contributed by atoms with van der Waals surface area (Å²) in [6, 6.07) is -0.503. The van der Waals surface area contributed by atoms with E-state index in [-0.39, 0.29) is 0 Å². The van der Waals surface area contributed by atoms with Gasteiger partial charge in [0.15, 0.2) is 0 Å². The Kier molecular flexibility index (Phi) is 2.85. The van der Waals surface area contributed by atoms with Gasteiger partial charge in [-0.1, -0.05) is 0 Å². The first-order chi connectivity index (χ1) is 6.16. The van der Waals surface area contributed by atoms with Gasteiger partial charge in [0.1, 0.15) is 11.9 Å². The van der Waals surface area contributed by atoms with Gasteiger partial charge in [-0.05, 0) is 19.8 Å². The first-order valence-electron chi connectivity index (χ1n) is 4.09. The van der Waals surface area contributed by atoms with E-state index in [4.69, 9.17) is 10.4 Å². The predicted octanol–water partition coefficient (Wildman–Crippen LogP) is 0.435. The maximum absolute atomic E-state index is 10.7. The van der Waals surface area contributed by atoms with Gasteiger partial charge in [-0.15, -0.1) is 0 Å². The molecule has 0 radical (unpaired) electrons. The van der Waals surface area contributed by atoms with Gasteiger partial charge in [0.05, 0.1) is 0 Å². The number of aliphatic imine (C=N–C) groups is 1. The maximum Gasteiger partial charge on any atom is 0.326 e. The van der Waals surface area contributed by atoms with Gasteiger partial charge in [0, 0.05) is 6.54 Å². The van der Waals surface area contributed by atoms with Gasteiger partial charge in [-0.25, -0.2) is 4.79 Å². The summed E-state index contributed by atoms with van der Waals surface area (Å²) in [5.74, 6) is -0.350. The molecule has 1 saturated heterocycles. The number of rotatable bonds is 1. The highest BCUT2D eigenvalue weighted by molar-refractivity contribution is 5.86. The molecule has 1 aliphatic heterocycles. The van der Waals surface area contributed by atoms with Crippen LogP contribution >= 0.6 is 0 Å². The molecule has 1 atom stereocenters. The first kappa shape index (κ1) is 9.52. The summed E-state index contributed by atoms with van der Waals surface area (Å²) in [4.78, 5) is 15.9. The van der Waals surface area contributed by atoms with Crippen LogP contribution in [-0.2, 0) is 4.79 Å². The van der Waals surface area contributed by atoms with Crippen molar-refractivity contribution in [2.45, 2.75) is 25.8 Å². The first-order valence-corrected chi connectivity index (χ1v) is 4.09. The van der Waals surface area contributed by atoms with Crippen LogP contribution in [0.4, 0.5) is 0 Å². The lowest BCUT2D eigenvalue weighted by Crippen LogP contribution is -2.39. The highest BCUT2D eigenvalue weighted by Crippen LogP contribution is 2.17. The van der Waals surface area contributed by atoms with Gasteiger partial charge >= 0.3 is 5.97 Å². The smallest absolute Gasteiger partial charge is 0.326 e. The molecule has 1 N–H and O–H groups in total. The van der Waals surface area contributed by atoms with Crippen LogP contribution in [0.3, 0.4) is 0 Å². The lowest BCUT2D eigenvalue weighted by atomic mass is 10.2. The van der Waals surface area contributed by atoms with E-state index in [1.807, 2.05) is 0 Å². The van der Waals surface area contributed by atoms with Crippen molar-refractivity contribution in [2.75, 3.05) is 6.54 Å². The van der Waals surface area contributed by atoms with E-state index in [1.165, 1.54) is 0 Å². The number of nitriles is 1. The third-order valence-corrected chi connectivity index (χ3v) is 2.17. The number of likely N-dealkylation sites (tertiary alicyclic amines) is 1. The average Bonchev–Trinajstić information content (AvgIpc) is 2.52. The van der Waals surface area contributed by atoms with Gasteiger partial charge in [-0.2, -0.15) is 10.3 Å². The van der Waals surface area contributed by atoms with Gasteiger partial charge in [0.25, 0.3) is 0 Å². The molecule has 5 heteroatoms. The Morgan fingerprint density at radius 2 is 2.46 bits per heavy atom. The van der Waals surface area contributed by atoms with Crippen LogP contribution in [0.5, 0.6) is 0 Å². The van der Waals surface area contributed by atoms with Crippen molar-refractivity contribution < 1.29 is 9.90 Å². The summed E-state index contributed by atoms with van der Waals surface area (Å²) in [6.45, 7) is 2.33. The number of hydrogen-bond donors (Lipinski definition) is 1. The fourth-order valence-electron chi connectivity index (χ4n) is 1.55. The fraction of sp³-hybridized carbons (Fsp3) is 0.625. The number of carbonyl (C=O) groups is 1. The van der Waals surface area contributed by atoms with Crippen molar-refractivity contribution in [1.82, 2.24) is 4.90 Å². The summed E-state index contributed by atoms with van der Waals surface area (Å²) in [5, 5.41) is 17.1. The van der Waals surface area contributed by atoms with Crippen LogP contribution in [0.2, 0.25) is 0 Å². The summed E-state index contributed by atoms with van der Waals surface area (Å²) >= 11 is 0. The Labute approximate surface area is 76.3 Å². The second kappa shape index (κ2) is 3.90. The quantitative estimate of drug-likeness (QED) is 0.361. The summed E-state index contributed by atoms with van der Waals surface area (Å²) < 4.78 is 0. The Morgan fingerprint density at radius 1 is 1.77 bits per heavy atom. The van der Waals surface area contributed by atoms with Crippen LogP contribution in [0.1, 0.15) is 19.8 Å². The zero-order valence-electron chi connectivity index (χ0n) is 7.40. The SMILES string of the molecule is CC(=NC#N)N1CCC[C@H]1C(=O)O. The number of carboxylic acid groups (broad SMARTS) is 1. The average molecular weight is 181 g/mol. The molecule has 0 bridgehead atoms. The van der Waals surface area contributed by atoms with Crippen LogP contribution in [0.25, 0.3) is 0 Å². The minimum absolute atomic E-state index is 0.493. The Bertz CT molecular complexity index is 280. The van der Waals surface area contributed by atoms with Gasteiger partial charge < -0.3 is 10.0 Å². The lowest BCUT2D eigenvalue weighted by molar-refractivity contribution is -0.140. The van der Waals surface area contributed by atoms with Crippen molar-refractivity contribution in [1.29, 1.82) is 5.26 Å². The zero-order chi connectivity index (χ0) is 9.84. The molecular formula is C8H11N3O2. The van der Waals surface area contributed by atoms with E-state index in [9.17, 15) is 4.79 Å². The molecule has 0 aromatic rings. The molecule has 0 saturated carbocycles. The van der Waals surface area contributed by atoms with Gasteiger partial charge in [-0.3, -0.25) is 0 Å². The van der Waals surface area contributed by atoms with Gasteiger partial charge in [0.2, 0.25) is 6.19 Å². The summed E-state index contributed by atoms with van der Waals surface area (Å²) in [5.41, 5.74) is 0. The number of nitrogens with zero attached hydrogens (tertiary/aromatic N) is 3. The third kappa shape index (κ3) is 1.96. The standard InChI is InChI=1S/C8H11N3O2/c1-6(10-5-9)11-4-2-3-7(11)8(12)13/h7H,2-4H2,1H3,(H,12,13)/t7-/m0/s1. The van der Waals surface area contributed by atoms with Crippen molar-refractivity contribution in [2.24, 2.45) is 4.99 Å². The molecule has 5 nitrogen and oxygen atoms in total. The molecule has 0 aromatic heterocycles. The summed E-state index contributed by atoms with van der Waals surface area (Å²) in [7, 11) is 0. The van der Waals surface area contributed by atoms with E-state index in [2.05, 4.69) is 4.99 Å². The molecule has 0 aliphatic carbocycles. The van der Waals surface area contributed by atoms with E-state index < -0.39 is 12.0 Å². The molecule has 1 rings (SSSR count). The largest absolute Gasteiger partial charge is 0.480 e. The molecule has 0 spiro atoms. The molecule has 0 amide bonds. The Hall–Kier alpha value is -1.57. The molecule has 0 aromatic carbocycles. The molecular weight excluding hydrogens is 170 g/mol. The summed E-state index contributed by atoms with van der Waals surface area (Å²) in [6.07, 6.45) is 3.13. The topological polar surface area (TPSA) is 76.7 Å². The van der Waals surface area contributed by atoms with Crippen molar-refractivity contribution >= 4 is 11.8 Å². The van der Waals surface area contributed by atoms with E-state index >= 15 is 0 Å². The van der Waals surface area contributed by atoms with Crippen molar-refractivity contribution in [3.63, 3.8) is 0 Å². The molecule has 1 heterocycles. The number of carboxylic acids is 1. The number of amidine groups is 1. The highest BCUT2D eigenvalue weighted by Gasteiger charge is 2.31. The minimum Gasteiger partial charge on any atom is -0.480 e. The molecule has 1 fully saturated rings. The fourth-order valence-corrected chi connectivity index (χ4v) is 1.55. The Balaban J connectivity index is 2.75. The zero-order valence-corrected chi connectivity index (χ0v) is 7.40. The van der Waals surface area contributed by atoms with Crippen LogP contribution in [0.15, 0.2) is 4.99 Å². The molecule has 70 valence electrons. The second-order valence-electron chi connectivity index (χ2n) is 2.95. The maximum atomic E-state index is 10.7. The monoisotopic (exact) mass is 181 g/mol. The van der Waals surface area contributed by atoms with E-state index in [1.54, 1.807) is 18.0 Å². The van der Waals surface area contributed by atoms with E-state index in [0.717, 1.165) is 6.42 Å². The van der Waals surface area contributed by atoms with Crippen LogP contribution < -0.4 is 0 Å². The van der Waals surface area contributed by atoms with Crippen molar-refractivity contribution in [3.05, 3.63) is 0 Å². The molecule has 0 unspecified atom stereocenters. The van der Waals surface area contributed by atoms with Crippen molar-refractivity contribution in [3.8, 4) is 6.19 Å². The normalized spacial score (nSPS) is 22.9. The molecule has 13 heavy (non-hydrogen) atoms. The Morgan fingerprint density at radius 3 is 3.00 bits per heavy atom. The number of aliphatic carboxylic acids is 1. The predicted molar refractivity (Wildman–Crippen MR) is 46.1 cm³/mol. The van der Waals surface area contributed by atoms with Crippen LogP contribution in [0, 0.1) is 11.5 Å². The highest BCUT2D eigenvalue weighted by atomic mass is 16.4. The third-order valence-electron chi connectivity index (χ3n) is 2.17. The minimum atomic E-state index is -0.843. The number of hydrogen-bond acceptors (Lipinski definition) is 3. The van der Waals surface area contributed by atoms with E-state index in [0.29, 0.717) is 18.8 Å². The molecule has 1 aliphatic rings. The second-order valence-corrected chi connectivity index (χ2v) is 2.95.